The second-order valence-corrected chi connectivity index (χ2v) is 8.23. The summed E-state index contributed by atoms with van der Waals surface area (Å²) in [5.74, 6) is -0.0421. The third kappa shape index (κ3) is 1.96. The Labute approximate surface area is 125 Å². The number of rotatable bonds is 1. The number of amides is 1. The number of carbonyl (C=O) groups excluding carboxylic acids is 1. The lowest BCUT2D eigenvalue weighted by atomic mass is 9.92. The van der Waals surface area contributed by atoms with E-state index in [9.17, 15) is 13.2 Å². The highest BCUT2D eigenvalue weighted by Gasteiger charge is 2.60. The fourth-order valence-electron chi connectivity index (χ4n) is 3.51. The summed E-state index contributed by atoms with van der Waals surface area (Å²) in [7, 11) is -3.46. The van der Waals surface area contributed by atoms with Crippen molar-refractivity contribution in [1.29, 1.82) is 0 Å². The van der Waals surface area contributed by atoms with E-state index in [-0.39, 0.29) is 11.8 Å². The minimum absolute atomic E-state index is 0.00653. The molecule has 2 aliphatic heterocycles. The molecule has 0 unspecified atom stereocenters. The van der Waals surface area contributed by atoms with E-state index in [0.29, 0.717) is 31.7 Å². The molecule has 1 amide bonds. The molecule has 0 aromatic heterocycles. The number of nitrogens with zero attached hydrogens (tertiary/aromatic N) is 2. The zero-order chi connectivity index (χ0) is 15.3. The van der Waals surface area contributed by atoms with Gasteiger partial charge in [0, 0.05) is 26.6 Å². The Hall–Kier alpha value is -1.56. The first-order valence-corrected chi connectivity index (χ1v) is 8.65. The van der Waals surface area contributed by atoms with Crippen LogP contribution >= 0.6 is 0 Å². The number of hydrogen-bond acceptors (Lipinski definition) is 3. The third-order valence-corrected chi connectivity index (χ3v) is 7.60. The molecule has 6 heteroatoms. The molecule has 2 saturated heterocycles. The number of carbonyl (C=O) groups is 1. The predicted molar refractivity (Wildman–Crippen MR) is 81.5 cm³/mol. The van der Waals surface area contributed by atoms with Crippen LogP contribution in [-0.4, -0.2) is 43.6 Å². The van der Waals surface area contributed by atoms with Gasteiger partial charge in [-0.05, 0) is 24.5 Å². The van der Waals surface area contributed by atoms with Gasteiger partial charge in [0.2, 0.25) is 15.9 Å². The molecule has 2 atom stereocenters. The molecule has 1 spiro atoms. The Morgan fingerprint density at radius 2 is 1.95 bits per heavy atom. The van der Waals surface area contributed by atoms with Crippen LogP contribution in [0.15, 0.2) is 30.3 Å². The van der Waals surface area contributed by atoms with Gasteiger partial charge in [-0.2, -0.15) is 0 Å². The lowest BCUT2D eigenvalue weighted by Crippen LogP contribution is -2.45. The van der Waals surface area contributed by atoms with E-state index < -0.39 is 14.8 Å². The highest BCUT2D eigenvalue weighted by atomic mass is 32.2. The summed E-state index contributed by atoms with van der Waals surface area (Å²) < 4.78 is 26.9. The lowest BCUT2D eigenvalue weighted by molar-refractivity contribution is -0.127. The van der Waals surface area contributed by atoms with Crippen LogP contribution in [0.2, 0.25) is 0 Å². The monoisotopic (exact) mass is 308 g/mol. The second kappa shape index (κ2) is 4.73. The first-order chi connectivity index (χ1) is 9.88. The average molecular weight is 308 g/mol. The summed E-state index contributed by atoms with van der Waals surface area (Å²) in [5.41, 5.74) is 0.711. The number of likely N-dealkylation sites (tertiary alicyclic amines) is 1. The molecule has 21 heavy (non-hydrogen) atoms. The summed E-state index contributed by atoms with van der Waals surface area (Å²) in [6.07, 6.45) is 0.527. The van der Waals surface area contributed by atoms with Crippen LogP contribution in [-0.2, 0) is 14.8 Å². The molecule has 0 N–H and O–H groups in total. The number of benzene rings is 1. The quantitative estimate of drug-likeness (QED) is 0.789. The Kier molecular flexibility index (Phi) is 3.24. The number of sulfonamides is 1. The molecule has 0 radical (unpaired) electrons. The van der Waals surface area contributed by atoms with Crippen molar-refractivity contribution < 1.29 is 13.2 Å². The Morgan fingerprint density at radius 3 is 2.52 bits per heavy atom. The maximum Gasteiger partial charge on any atom is 0.243 e. The van der Waals surface area contributed by atoms with E-state index in [1.807, 2.05) is 37.3 Å². The van der Waals surface area contributed by atoms with Crippen LogP contribution in [0.1, 0.15) is 20.3 Å². The Morgan fingerprint density at radius 1 is 1.29 bits per heavy atom. The van der Waals surface area contributed by atoms with E-state index in [4.69, 9.17) is 0 Å². The van der Waals surface area contributed by atoms with Crippen LogP contribution in [0, 0.1) is 5.92 Å². The van der Waals surface area contributed by atoms with Crippen molar-refractivity contribution in [3.63, 3.8) is 0 Å². The summed E-state index contributed by atoms with van der Waals surface area (Å²) in [6.45, 7) is 4.80. The Balaban J connectivity index is 2.00. The maximum atomic E-state index is 13.1. The number of para-hydroxylation sites is 1. The van der Waals surface area contributed by atoms with Crippen molar-refractivity contribution in [2.24, 2.45) is 5.92 Å². The van der Waals surface area contributed by atoms with Crippen molar-refractivity contribution in [3.05, 3.63) is 30.3 Å². The van der Waals surface area contributed by atoms with E-state index >= 15 is 0 Å². The first-order valence-electron chi connectivity index (χ1n) is 7.21. The minimum Gasteiger partial charge on any atom is -0.341 e. The zero-order valence-corrected chi connectivity index (χ0v) is 13.1. The second-order valence-electron chi connectivity index (χ2n) is 6.03. The molecule has 1 aromatic rings. The van der Waals surface area contributed by atoms with E-state index in [1.165, 1.54) is 11.2 Å². The smallest absolute Gasteiger partial charge is 0.243 e. The molecule has 5 nitrogen and oxygen atoms in total. The van der Waals surface area contributed by atoms with Crippen molar-refractivity contribution in [2.75, 3.05) is 23.9 Å². The molecule has 0 aliphatic carbocycles. The van der Waals surface area contributed by atoms with Gasteiger partial charge in [-0.15, -0.1) is 0 Å². The van der Waals surface area contributed by atoms with Crippen LogP contribution in [0.5, 0.6) is 0 Å². The van der Waals surface area contributed by atoms with Gasteiger partial charge >= 0.3 is 0 Å². The summed E-state index contributed by atoms with van der Waals surface area (Å²) in [4.78, 5) is 13.2. The van der Waals surface area contributed by atoms with Gasteiger partial charge in [0.25, 0.3) is 0 Å². The van der Waals surface area contributed by atoms with Gasteiger partial charge in [-0.3, -0.25) is 9.10 Å². The summed E-state index contributed by atoms with van der Waals surface area (Å²) in [6, 6.07) is 9.20. The molecule has 0 bridgehead atoms. The first kappa shape index (κ1) is 14.4. The largest absolute Gasteiger partial charge is 0.341 e. The van der Waals surface area contributed by atoms with Gasteiger partial charge in [0.1, 0.15) is 4.75 Å². The normalized spacial score (nSPS) is 31.0. The van der Waals surface area contributed by atoms with Gasteiger partial charge in [0.05, 0.1) is 5.69 Å². The SMILES string of the molecule is CC(=O)N1CC[C@@]2(C1)[C@@H](C)CN(c1ccccc1)S2(=O)=O. The molecule has 3 rings (SSSR count). The highest BCUT2D eigenvalue weighted by Crippen LogP contribution is 2.45. The van der Waals surface area contributed by atoms with Gasteiger partial charge < -0.3 is 4.90 Å². The van der Waals surface area contributed by atoms with E-state index in [2.05, 4.69) is 0 Å². The topological polar surface area (TPSA) is 57.7 Å². The molecular formula is C15H20N2O3S. The molecule has 2 fully saturated rings. The van der Waals surface area contributed by atoms with E-state index in [0.717, 1.165) is 0 Å². The van der Waals surface area contributed by atoms with Gasteiger partial charge in [-0.1, -0.05) is 25.1 Å². The molecule has 2 aliphatic rings. The molecule has 1 aromatic carbocycles. The zero-order valence-electron chi connectivity index (χ0n) is 12.3. The van der Waals surface area contributed by atoms with Crippen molar-refractivity contribution in [3.8, 4) is 0 Å². The Bertz CT molecular complexity index is 659. The number of anilines is 1. The molecular weight excluding hydrogens is 288 g/mol. The third-order valence-electron chi connectivity index (χ3n) is 4.89. The van der Waals surface area contributed by atoms with Gasteiger partial charge in [0.15, 0.2) is 0 Å². The molecule has 114 valence electrons. The fourth-order valence-corrected chi connectivity index (χ4v) is 6.02. The average Bonchev–Trinajstić information content (AvgIpc) is 2.98. The van der Waals surface area contributed by atoms with E-state index in [1.54, 1.807) is 4.90 Å². The van der Waals surface area contributed by atoms with Crippen LogP contribution in [0.25, 0.3) is 0 Å². The summed E-state index contributed by atoms with van der Waals surface area (Å²) >= 11 is 0. The fraction of sp³-hybridized carbons (Fsp3) is 0.533. The minimum atomic E-state index is -3.46. The predicted octanol–water partition coefficient (Wildman–Crippen LogP) is 1.46. The lowest BCUT2D eigenvalue weighted by Gasteiger charge is -2.27. The molecule has 2 heterocycles. The van der Waals surface area contributed by atoms with Crippen LogP contribution in [0.3, 0.4) is 0 Å². The maximum absolute atomic E-state index is 13.1. The van der Waals surface area contributed by atoms with Crippen molar-refractivity contribution in [2.45, 2.75) is 25.0 Å². The van der Waals surface area contributed by atoms with Crippen molar-refractivity contribution in [1.82, 2.24) is 4.90 Å². The standard InChI is InChI=1S/C15H20N2O3S/c1-12-10-17(14-6-4-3-5-7-14)21(19,20)15(12)8-9-16(11-15)13(2)18/h3-7,12H,8-11H2,1-2H3/t12-,15+/m0/s1. The van der Waals surface area contributed by atoms with Gasteiger partial charge in [-0.25, -0.2) is 8.42 Å². The van der Waals surface area contributed by atoms with Crippen molar-refractivity contribution >= 4 is 21.6 Å². The van der Waals surface area contributed by atoms with Crippen LogP contribution in [0.4, 0.5) is 5.69 Å². The summed E-state index contributed by atoms with van der Waals surface area (Å²) in [5, 5.41) is 0. The number of hydrogen-bond donors (Lipinski definition) is 0. The van der Waals surface area contributed by atoms with Crippen LogP contribution < -0.4 is 4.31 Å². The highest BCUT2D eigenvalue weighted by molar-refractivity contribution is 7.94. The molecule has 0 saturated carbocycles.